The van der Waals surface area contributed by atoms with Gasteiger partial charge in [0.15, 0.2) is 0 Å². The molecule has 0 aromatic rings. The van der Waals surface area contributed by atoms with E-state index in [2.05, 4.69) is 25.7 Å². The lowest BCUT2D eigenvalue weighted by Crippen LogP contribution is -2.34. The number of aliphatic hydroxyl groups is 2. The summed E-state index contributed by atoms with van der Waals surface area (Å²) in [7, 11) is 0. The van der Waals surface area contributed by atoms with Crippen molar-refractivity contribution in [1.29, 1.82) is 0 Å². The monoisotopic (exact) mass is 288 g/mol. The van der Waals surface area contributed by atoms with Crippen LogP contribution in [-0.4, -0.2) is 22.4 Å². The van der Waals surface area contributed by atoms with Gasteiger partial charge in [0.05, 0.1) is 12.2 Å². The molecule has 3 aliphatic carbocycles. The number of hydrogen-bond donors (Lipinski definition) is 2. The second kappa shape index (κ2) is 5.73. The van der Waals surface area contributed by atoms with E-state index in [1.807, 2.05) is 0 Å². The standard InChI is InChI=1S/C19H28O2/c1-13-5-8-16(20)10-14(13)6-7-15-11-17(21)12-19(2)9-3-4-18(15)19/h6-7,16-18,20-21H,1,3-5,8-12H2,2H3/b14-6-,15-7+/t16-,17-,18+,19+/m1/s1. The first-order valence-corrected chi connectivity index (χ1v) is 8.42. The minimum absolute atomic E-state index is 0.186. The van der Waals surface area contributed by atoms with Gasteiger partial charge in [0.2, 0.25) is 0 Å². The maximum Gasteiger partial charge on any atom is 0.0583 e. The van der Waals surface area contributed by atoms with Crippen LogP contribution in [0.15, 0.2) is 35.5 Å². The van der Waals surface area contributed by atoms with Crippen molar-refractivity contribution < 1.29 is 10.2 Å². The second-order valence-electron chi connectivity index (χ2n) is 7.59. The molecule has 21 heavy (non-hydrogen) atoms. The molecular weight excluding hydrogens is 260 g/mol. The van der Waals surface area contributed by atoms with Gasteiger partial charge in [-0.3, -0.25) is 0 Å². The largest absolute Gasteiger partial charge is 0.393 e. The summed E-state index contributed by atoms with van der Waals surface area (Å²) in [5, 5.41) is 20.0. The molecule has 0 bridgehead atoms. The molecule has 3 saturated carbocycles. The Labute approximate surface area is 128 Å². The Morgan fingerprint density at radius 1 is 1.14 bits per heavy atom. The highest BCUT2D eigenvalue weighted by atomic mass is 16.3. The van der Waals surface area contributed by atoms with Crippen molar-refractivity contribution >= 4 is 0 Å². The van der Waals surface area contributed by atoms with Crippen molar-refractivity contribution in [2.75, 3.05) is 0 Å². The molecule has 0 aromatic carbocycles. The Bertz CT molecular complexity index is 488. The van der Waals surface area contributed by atoms with E-state index >= 15 is 0 Å². The molecule has 0 amide bonds. The third-order valence-corrected chi connectivity index (χ3v) is 5.89. The smallest absolute Gasteiger partial charge is 0.0583 e. The molecule has 4 atom stereocenters. The lowest BCUT2D eigenvalue weighted by atomic mass is 9.66. The third kappa shape index (κ3) is 3.02. The minimum atomic E-state index is -0.214. The van der Waals surface area contributed by atoms with Gasteiger partial charge in [-0.1, -0.05) is 43.2 Å². The summed E-state index contributed by atoms with van der Waals surface area (Å²) in [6.07, 6.45) is 12.0. The molecule has 3 fully saturated rings. The van der Waals surface area contributed by atoms with Gasteiger partial charge in [-0.15, -0.1) is 0 Å². The summed E-state index contributed by atoms with van der Waals surface area (Å²) in [6, 6.07) is 0. The Morgan fingerprint density at radius 2 is 1.95 bits per heavy atom. The number of aliphatic hydroxyl groups excluding tert-OH is 2. The Kier molecular flexibility index (Phi) is 4.11. The van der Waals surface area contributed by atoms with Gasteiger partial charge in [0.1, 0.15) is 0 Å². The van der Waals surface area contributed by atoms with Crippen LogP contribution in [0.5, 0.6) is 0 Å². The van der Waals surface area contributed by atoms with Crippen molar-refractivity contribution in [2.45, 2.75) is 70.5 Å². The molecular formula is C19H28O2. The van der Waals surface area contributed by atoms with Crippen molar-refractivity contribution in [3.05, 3.63) is 35.5 Å². The van der Waals surface area contributed by atoms with Gasteiger partial charge in [0, 0.05) is 0 Å². The first kappa shape index (κ1) is 15.1. The highest BCUT2D eigenvalue weighted by Crippen LogP contribution is 2.54. The first-order chi connectivity index (χ1) is 9.98. The Hall–Kier alpha value is -0.860. The van der Waals surface area contributed by atoms with Crippen LogP contribution in [0, 0.1) is 11.3 Å². The van der Waals surface area contributed by atoms with E-state index in [1.165, 1.54) is 36.0 Å². The van der Waals surface area contributed by atoms with Crippen molar-refractivity contribution in [3.8, 4) is 0 Å². The molecule has 0 saturated heterocycles. The van der Waals surface area contributed by atoms with Crippen LogP contribution in [0.1, 0.15) is 58.3 Å². The average Bonchev–Trinajstić information content (AvgIpc) is 2.80. The summed E-state index contributed by atoms with van der Waals surface area (Å²) in [4.78, 5) is 0. The molecule has 0 heterocycles. The maximum atomic E-state index is 10.2. The van der Waals surface area contributed by atoms with Gasteiger partial charge < -0.3 is 10.2 Å². The zero-order valence-electron chi connectivity index (χ0n) is 13.1. The zero-order chi connectivity index (χ0) is 15.0. The summed E-state index contributed by atoms with van der Waals surface area (Å²) in [5.41, 5.74) is 4.07. The molecule has 116 valence electrons. The van der Waals surface area contributed by atoms with Crippen molar-refractivity contribution in [1.82, 2.24) is 0 Å². The quantitative estimate of drug-likeness (QED) is 0.768. The molecule has 0 aliphatic heterocycles. The van der Waals surface area contributed by atoms with Crippen LogP contribution >= 0.6 is 0 Å². The molecule has 2 nitrogen and oxygen atoms in total. The average molecular weight is 288 g/mol. The minimum Gasteiger partial charge on any atom is -0.393 e. The Morgan fingerprint density at radius 3 is 2.76 bits per heavy atom. The van der Waals surface area contributed by atoms with E-state index in [0.29, 0.717) is 11.3 Å². The van der Waals surface area contributed by atoms with Gasteiger partial charge >= 0.3 is 0 Å². The molecule has 0 aromatic heterocycles. The zero-order valence-corrected chi connectivity index (χ0v) is 13.1. The van der Waals surface area contributed by atoms with Gasteiger partial charge in [-0.25, -0.2) is 0 Å². The summed E-state index contributed by atoms with van der Waals surface area (Å²) in [5.74, 6) is 0.638. The topological polar surface area (TPSA) is 40.5 Å². The van der Waals surface area contributed by atoms with E-state index in [4.69, 9.17) is 0 Å². The van der Waals surface area contributed by atoms with Gasteiger partial charge in [-0.05, 0) is 61.9 Å². The molecule has 0 unspecified atom stereocenters. The first-order valence-electron chi connectivity index (χ1n) is 8.42. The molecule has 3 aliphatic rings. The van der Waals surface area contributed by atoms with Crippen LogP contribution in [0.4, 0.5) is 0 Å². The summed E-state index contributed by atoms with van der Waals surface area (Å²) in [6.45, 7) is 6.48. The molecule has 2 N–H and O–H groups in total. The van der Waals surface area contributed by atoms with E-state index < -0.39 is 0 Å². The number of allylic oxidation sites excluding steroid dienone is 3. The van der Waals surface area contributed by atoms with Crippen LogP contribution in [0.2, 0.25) is 0 Å². The van der Waals surface area contributed by atoms with E-state index in [0.717, 1.165) is 32.1 Å². The van der Waals surface area contributed by atoms with Gasteiger partial charge in [0.25, 0.3) is 0 Å². The van der Waals surface area contributed by atoms with E-state index in [-0.39, 0.29) is 12.2 Å². The fourth-order valence-corrected chi connectivity index (χ4v) is 4.71. The highest BCUT2D eigenvalue weighted by Gasteiger charge is 2.45. The van der Waals surface area contributed by atoms with Crippen molar-refractivity contribution in [3.63, 3.8) is 0 Å². The van der Waals surface area contributed by atoms with Crippen LogP contribution in [0.25, 0.3) is 0 Å². The summed E-state index contributed by atoms with van der Waals surface area (Å²) >= 11 is 0. The normalized spacial score (nSPS) is 44.3. The predicted molar refractivity (Wildman–Crippen MR) is 85.9 cm³/mol. The predicted octanol–water partition coefficient (Wildman–Crippen LogP) is 3.90. The van der Waals surface area contributed by atoms with Crippen LogP contribution < -0.4 is 0 Å². The second-order valence-corrected chi connectivity index (χ2v) is 7.59. The third-order valence-electron chi connectivity index (χ3n) is 5.89. The van der Waals surface area contributed by atoms with Crippen LogP contribution in [0.3, 0.4) is 0 Å². The number of hydrogen-bond acceptors (Lipinski definition) is 2. The molecule has 2 heteroatoms. The number of rotatable bonds is 1. The maximum absolute atomic E-state index is 10.2. The lowest BCUT2D eigenvalue weighted by molar-refractivity contribution is 0.0605. The fraction of sp³-hybridized carbons (Fsp3) is 0.684. The van der Waals surface area contributed by atoms with E-state index in [1.54, 1.807) is 0 Å². The summed E-state index contributed by atoms with van der Waals surface area (Å²) < 4.78 is 0. The van der Waals surface area contributed by atoms with Crippen LogP contribution in [-0.2, 0) is 0 Å². The SMILES string of the molecule is C=C1CC[C@@H](O)C/C1=C/C=C1\C[C@@H](O)C[C@]2(C)CCC[C@@H]12. The number of fused-ring (bicyclic) bond motifs is 1. The Balaban J connectivity index is 1.82. The molecule has 0 spiro atoms. The van der Waals surface area contributed by atoms with Gasteiger partial charge in [-0.2, -0.15) is 0 Å². The fourth-order valence-electron chi connectivity index (χ4n) is 4.71. The van der Waals surface area contributed by atoms with Crippen molar-refractivity contribution in [2.24, 2.45) is 11.3 Å². The lowest BCUT2D eigenvalue weighted by Gasteiger charge is -2.40. The highest BCUT2D eigenvalue weighted by molar-refractivity contribution is 5.36. The van der Waals surface area contributed by atoms with E-state index in [9.17, 15) is 10.2 Å². The molecule has 3 rings (SSSR count). The molecule has 0 radical (unpaired) electrons.